The molecule has 2 heterocycles. The molecule has 1 amide bonds. The maximum atomic E-state index is 12.4. The highest BCUT2D eigenvalue weighted by Crippen LogP contribution is 2.21. The molecule has 4 aromatic rings. The molecule has 0 saturated carbocycles. The van der Waals surface area contributed by atoms with E-state index in [2.05, 4.69) is 15.3 Å². The van der Waals surface area contributed by atoms with Gasteiger partial charge in [-0.1, -0.05) is 17.7 Å². The molecule has 2 aromatic carbocycles. The van der Waals surface area contributed by atoms with Gasteiger partial charge in [-0.25, -0.2) is 9.78 Å². The van der Waals surface area contributed by atoms with Crippen molar-refractivity contribution in [2.75, 3.05) is 0 Å². The van der Waals surface area contributed by atoms with Crippen LogP contribution in [0.1, 0.15) is 15.9 Å². The predicted molar refractivity (Wildman–Crippen MR) is 110 cm³/mol. The molecule has 0 saturated heterocycles. The maximum Gasteiger partial charge on any atom is 0.326 e. The van der Waals surface area contributed by atoms with E-state index < -0.39 is 0 Å². The van der Waals surface area contributed by atoms with Crippen molar-refractivity contribution < 1.29 is 9.53 Å². The van der Waals surface area contributed by atoms with Crippen molar-refractivity contribution in [1.29, 1.82) is 0 Å². The van der Waals surface area contributed by atoms with Gasteiger partial charge in [0.2, 0.25) is 5.88 Å². The van der Waals surface area contributed by atoms with Crippen LogP contribution in [0, 0.1) is 0 Å². The van der Waals surface area contributed by atoms with Gasteiger partial charge in [-0.05, 0) is 48.0 Å². The molecule has 0 spiro atoms. The number of pyridine rings is 1. The fraction of sp³-hybridized carbons (Fsp3) is 0.0952. The van der Waals surface area contributed by atoms with Crippen LogP contribution >= 0.6 is 11.6 Å². The Hall–Kier alpha value is -3.58. The maximum absolute atomic E-state index is 12.4. The second-order valence-electron chi connectivity index (χ2n) is 6.46. The van der Waals surface area contributed by atoms with Crippen LogP contribution in [-0.4, -0.2) is 20.4 Å². The Bertz CT molecular complexity index is 1230. The van der Waals surface area contributed by atoms with E-state index in [4.69, 9.17) is 16.3 Å². The number of fused-ring (bicyclic) bond motifs is 1. The van der Waals surface area contributed by atoms with Crippen molar-refractivity contribution in [1.82, 2.24) is 19.9 Å². The standard InChI is InChI=1S/C21H17ClN4O3/c1-26-18-8-3-14(10-17(18)25-21(26)28)20(27)24-12-13-2-9-19(23-11-13)29-16-6-4-15(22)5-7-16/h2-11H,12H2,1H3,(H,24,27)(H,25,28). The lowest BCUT2D eigenvalue weighted by Gasteiger charge is -2.07. The number of H-pyrrole nitrogens is 1. The Labute approximate surface area is 170 Å². The predicted octanol–water partition coefficient (Wildman–Crippen LogP) is 3.64. The number of aromatic nitrogens is 3. The summed E-state index contributed by atoms with van der Waals surface area (Å²) in [5.41, 5.74) is 2.44. The van der Waals surface area contributed by atoms with Crippen LogP contribution in [0.15, 0.2) is 65.6 Å². The second kappa shape index (κ2) is 7.81. The van der Waals surface area contributed by atoms with Gasteiger partial charge < -0.3 is 15.0 Å². The van der Waals surface area contributed by atoms with Crippen LogP contribution in [0.3, 0.4) is 0 Å². The third-order valence-electron chi connectivity index (χ3n) is 4.45. The molecule has 2 aromatic heterocycles. The zero-order valence-corrected chi connectivity index (χ0v) is 16.2. The number of imidazole rings is 1. The quantitative estimate of drug-likeness (QED) is 0.527. The summed E-state index contributed by atoms with van der Waals surface area (Å²) in [5.74, 6) is 0.844. The van der Waals surface area contributed by atoms with Gasteiger partial charge in [-0.3, -0.25) is 9.36 Å². The zero-order valence-electron chi connectivity index (χ0n) is 15.5. The Morgan fingerprint density at radius 2 is 1.97 bits per heavy atom. The molecule has 0 bridgehead atoms. The molecule has 0 aliphatic carbocycles. The molecule has 4 rings (SSSR count). The van der Waals surface area contributed by atoms with E-state index in [9.17, 15) is 9.59 Å². The van der Waals surface area contributed by atoms with E-state index in [0.717, 1.165) is 11.1 Å². The zero-order chi connectivity index (χ0) is 20.4. The van der Waals surface area contributed by atoms with Gasteiger partial charge in [0, 0.05) is 36.4 Å². The summed E-state index contributed by atoms with van der Waals surface area (Å²) in [6.45, 7) is 0.316. The van der Waals surface area contributed by atoms with Gasteiger partial charge in [0.25, 0.3) is 5.91 Å². The number of hydrogen-bond donors (Lipinski definition) is 2. The van der Waals surface area contributed by atoms with Gasteiger partial charge in [0.1, 0.15) is 5.75 Å². The lowest BCUT2D eigenvalue weighted by atomic mass is 10.2. The lowest BCUT2D eigenvalue weighted by Crippen LogP contribution is -2.22. The topological polar surface area (TPSA) is 89.0 Å². The first kappa shape index (κ1) is 18.8. The summed E-state index contributed by atoms with van der Waals surface area (Å²) in [6, 6.07) is 15.6. The van der Waals surface area contributed by atoms with Gasteiger partial charge in [0.15, 0.2) is 0 Å². The van der Waals surface area contributed by atoms with Crippen LogP contribution in [0.4, 0.5) is 0 Å². The van der Waals surface area contributed by atoms with Gasteiger partial charge in [-0.2, -0.15) is 0 Å². The minimum atomic E-state index is -0.238. The molecule has 0 radical (unpaired) electrons. The SMILES string of the molecule is Cn1c(=O)[nH]c2cc(C(=O)NCc3ccc(Oc4ccc(Cl)cc4)nc3)ccc21. The van der Waals surface area contributed by atoms with Crippen molar-refractivity contribution in [2.24, 2.45) is 7.05 Å². The number of hydrogen-bond acceptors (Lipinski definition) is 4. The molecule has 0 atom stereocenters. The molecule has 7 nitrogen and oxygen atoms in total. The number of carbonyl (C=O) groups is 1. The smallest absolute Gasteiger partial charge is 0.326 e. The van der Waals surface area contributed by atoms with Crippen LogP contribution < -0.4 is 15.7 Å². The second-order valence-corrected chi connectivity index (χ2v) is 6.90. The normalized spacial score (nSPS) is 10.8. The van der Waals surface area contributed by atoms with Crippen LogP contribution in [0.2, 0.25) is 5.02 Å². The molecular formula is C21H17ClN4O3. The number of nitrogens with one attached hydrogen (secondary N) is 2. The van der Waals surface area contributed by atoms with Crippen molar-refractivity contribution in [2.45, 2.75) is 6.54 Å². The molecule has 2 N–H and O–H groups in total. The van der Waals surface area contributed by atoms with E-state index in [1.807, 2.05) is 6.07 Å². The Morgan fingerprint density at radius 3 is 2.69 bits per heavy atom. The van der Waals surface area contributed by atoms with Crippen molar-refractivity contribution >= 4 is 28.5 Å². The number of halogens is 1. The van der Waals surface area contributed by atoms with Crippen molar-refractivity contribution in [3.63, 3.8) is 0 Å². The minimum absolute atomic E-state index is 0.218. The summed E-state index contributed by atoms with van der Waals surface area (Å²) < 4.78 is 7.14. The molecule has 0 aliphatic rings. The fourth-order valence-electron chi connectivity index (χ4n) is 2.86. The molecule has 8 heteroatoms. The van der Waals surface area contributed by atoms with Gasteiger partial charge in [0.05, 0.1) is 11.0 Å². The largest absolute Gasteiger partial charge is 0.439 e. The van der Waals surface area contributed by atoms with Crippen LogP contribution in [0.5, 0.6) is 11.6 Å². The average molecular weight is 409 g/mol. The number of aryl methyl sites for hydroxylation is 1. The van der Waals surface area contributed by atoms with Gasteiger partial charge >= 0.3 is 5.69 Å². The highest BCUT2D eigenvalue weighted by atomic mass is 35.5. The Morgan fingerprint density at radius 1 is 1.17 bits per heavy atom. The summed E-state index contributed by atoms with van der Waals surface area (Å²) in [5, 5.41) is 3.48. The molecule has 29 heavy (non-hydrogen) atoms. The Kier molecular flexibility index (Phi) is 5.05. The molecular weight excluding hydrogens is 392 g/mol. The van der Waals surface area contributed by atoms with Crippen molar-refractivity contribution in [3.05, 3.63) is 87.4 Å². The number of aromatic amines is 1. The van der Waals surface area contributed by atoms with E-state index in [1.54, 1.807) is 61.8 Å². The minimum Gasteiger partial charge on any atom is -0.439 e. The molecule has 0 aliphatic heterocycles. The summed E-state index contributed by atoms with van der Waals surface area (Å²) in [4.78, 5) is 31.1. The fourth-order valence-corrected chi connectivity index (χ4v) is 2.99. The first-order chi connectivity index (χ1) is 14.0. The van der Waals surface area contributed by atoms with E-state index in [1.165, 1.54) is 4.57 Å². The summed E-state index contributed by atoms with van der Waals surface area (Å²) in [6.07, 6.45) is 1.64. The highest BCUT2D eigenvalue weighted by Gasteiger charge is 2.09. The summed E-state index contributed by atoms with van der Waals surface area (Å²) >= 11 is 5.85. The molecule has 0 unspecified atom stereocenters. The molecule has 0 fully saturated rings. The Balaban J connectivity index is 1.39. The van der Waals surface area contributed by atoms with E-state index >= 15 is 0 Å². The third kappa shape index (κ3) is 4.14. The number of nitrogens with zero attached hydrogens (tertiary/aromatic N) is 2. The average Bonchev–Trinajstić information content (AvgIpc) is 3.02. The van der Waals surface area contributed by atoms with Gasteiger partial charge in [-0.15, -0.1) is 0 Å². The van der Waals surface area contributed by atoms with Crippen LogP contribution in [0.25, 0.3) is 11.0 Å². The van der Waals surface area contributed by atoms with E-state index in [-0.39, 0.29) is 11.6 Å². The number of benzene rings is 2. The lowest BCUT2D eigenvalue weighted by molar-refractivity contribution is 0.0951. The number of rotatable bonds is 5. The third-order valence-corrected chi connectivity index (χ3v) is 4.71. The highest BCUT2D eigenvalue weighted by molar-refractivity contribution is 6.30. The first-order valence-electron chi connectivity index (χ1n) is 8.85. The summed E-state index contributed by atoms with van der Waals surface area (Å²) in [7, 11) is 1.67. The molecule has 146 valence electrons. The van der Waals surface area contributed by atoms with Crippen LogP contribution in [-0.2, 0) is 13.6 Å². The number of ether oxygens (including phenoxy) is 1. The number of amides is 1. The number of carbonyl (C=O) groups excluding carboxylic acids is 1. The van der Waals surface area contributed by atoms with Crippen molar-refractivity contribution in [3.8, 4) is 11.6 Å². The first-order valence-corrected chi connectivity index (χ1v) is 9.23. The van der Waals surface area contributed by atoms with E-state index in [0.29, 0.717) is 34.3 Å². The monoisotopic (exact) mass is 408 g/mol.